The van der Waals surface area contributed by atoms with Crippen LogP contribution in [0, 0.1) is 0 Å². The van der Waals surface area contributed by atoms with E-state index in [9.17, 15) is 18.0 Å². The standard InChI is InChI=1S/C30H36ClN3O6S/c1-6-21(2)32-30(36)22(3)33(19-23-10-12-26(39-4)13-11-23)29(35)20-34(25-9-7-8-24(31)18-25)41(37,38)28-16-14-27(40-5)15-17-28/h7-18,21-22H,6,19-20H2,1-5H3,(H,32,36)/t21-,22-/m0/s1. The van der Waals surface area contributed by atoms with E-state index >= 15 is 0 Å². The summed E-state index contributed by atoms with van der Waals surface area (Å²) in [7, 11) is -1.18. The highest BCUT2D eigenvalue weighted by Gasteiger charge is 2.33. The molecule has 0 spiro atoms. The van der Waals surface area contributed by atoms with Crippen LogP contribution in [0.3, 0.4) is 0 Å². The number of rotatable bonds is 13. The molecule has 2 atom stereocenters. The van der Waals surface area contributed by atoms with Crippen LogP contribution in [0.25, 0.3) is 0 Å². The SMILES string of the molecule is CC[C@H](C)NC(=O)[C@H](C)N(Cc1ccc(OC)cc1)C(=O)CN(c1cccc(Cl)c1)S(=O)(=O)c1ccc(OC)cc1. The Labute approximate surface area is 247 Å². The van der Waals surface area contributed by atoms with Crippen molar-refractivity contribution in [3.8, 4) is 11.5 Å². The third kappa shape index (κ3) is 8.14. The molecule has 11 heteroatoms. The fourth-order valence-electron chi connectivity index (χ4n) is 4.01. The van der Waals surface area contributed by atoms with E-state index < -0.39 is 28.5 Å². The predicted octanol–water partition coefficient (Wildman–Crippen LogP) is 4.88. The van der Waals surface area contributed by atoms with E-state index in [-0.39, 0.29) is 29.1 Å². The highest BCUT2D eigenvalue weighted by atomic mass is 35.5. The van der Waals surface area contributed by atoms with Gasteiger partial charge in [-0.3, -0.25) is 13.9 Å². The summed E-state index contributed by atoms with van der Waals surface area (Å²) >= 11 is 6.21. The second-order valence-electron chi connectivity index (χ2n) is 9.53. The minimum absolute atomic E-state index is 0.0321. The summed E-state index contributed by atoms with van der Waals surface area (Å²) < 4.78 is 39.2. The number of nitrogens with one attached hydrogen (secondary N) is 1. The molecule has 220 valence electrons. The summed E-state index contributed by atoms with van der Waals surface area (Å²) in [5, 5.41) is 3.22. The fraction of sp³-hybridized carbons (Fsp3) is 0.333. The van der Waals surface area contributed by atoms with Crippen molar-refractivity contribution in [1.29, 1.82) is 0 Å². The summed E-state index contributed by atoms with van der Waals surface area (Å²) in [6.07, 6.45) is 0.716. The smallest absolute Gasteiger partial charge is 0.264 e. The molecule has 0 aromatic heterocycles. The first-order chi connectivity index (χ1) is 19.5. The monoisotopic (exact) mass is 601 g/mol. The zero-order valence-corrected chi connectivity index (χ0v) is 25.4. The molecule has 0 aliphatic rings. The predicted molar refractivity (Wildman–Crippen MR) is 160 cm³/mol. The van der Waals surface area contributed by atoms with Crippen molar-refractivity contribution in [2.24, 2.45) is 0 Å². The molecule has 0 radical (unpaired) electrons. The molecule has 3 rings (SSSR count). The number of halogens is 1. The van der Waals surface area contributed by atoms with Crippen LogP contribution in [0.15, 0.2) is 77.7 Å². The number of benzene rings is 3. The lowest BCUT2D eigenvalue weighted by atomic mass is 10.1. The summed E-state index contributed by atoms with van der Waals surface area (Å²) in [5.74, 6) is 0.228. The van der Waals surface area contributed by atoms with Gasteiger partial charge in [-0.2, -0.15) is 0 Å². The van der Waals surface area contributed by atoms with E-state index in [0.29, 0.717) is 22.9 Å². The molecule has 9 nitrogen and oxygen atoms in total. The first-order valence-electron chi connectivity index (χ1n) is 13.1. The van der Waals surface area contributed by atoms with E-state index in [4.69, 9.17) is 21.1 Å². The maximum Gasteiger partial charge on any atom is 0.264 e. The molecule has 2 amide bonds. The lowest BCUT2D eigenvalue weighted by molar-refractivity contribution is -0.139. The Morgan fingerprint density at radius 2 is 1.51 bits per heavy atom. The van der Waals surface area contributed by atoms with Gasteiger partial charge in [0.15, 0.2) is 0 Å². The summed E-state index contributed by atoms with van der Waals surface area (Å²) in [6.45, 7) is 4.96. The van der Waals surface area contributed by atoms with Crippen LogP contribution in [-0.2, 0) is 26.2 Å². The van der Waals surface area contributed by atoms with Crippen LogP contribution in [0.2, 0.25) is 5.02 Å². The lowest BCUT2D eigenvalue weighted by Gasteiger charge is -2.32. The summed E-state index contributed by atoms with van der Waals surface area (Å²) in [6, 6.07) is 18.3. The number of sulfonamides is 1. The largest absolute Gasteiger partial charge is 0.497 e. The van der Waals surface area contributed by atoms with Crippen molar-refractivity contribution in [3.63, 3.8) is 0 Å². The van der Waals surface area contributed by atoms with Gasteiger partial charge in [0.05, 0.1) is 24.8 Å². The number of methoxy groups -OCH3 is 2. The van der Waals surface area contributed by atoms with Crippen LogP contribution in [0.5, 0.6) is 11.5 Å². The zero-order valence-electron chi connectivity index (χ0n) is 23.8. The Balaban J connectivity index is 2.02. The van der Waals surface area contributed by atoms with Gasteiger partial charge in [0.1, 0.15) is 24.1 Å². The summed E-state index contributed by atoms with van der Waals surface area (Å²) in [5.41, 5.74) is 0.956. The average molecular weight is 602 g/mol. The number of hydrogen-bond donors (Lipinski definition) is 1. The molecule has 0 aliphatic carbocycles. The van der Waals surface area contributed by atoms with Gasteiger partial charge in [0.25, 0.3) is 10.0 Å². The second-order valence-corrected chi connectivity index (χ2v) is 11.8. The van der Waals surface area contributed by atoms with Gasteiger partial charge in [-0.25, -0.2) is 8.42 Å². The van der Waals surface area contributed by atoms with Crippen molar-refractivity contribution < 1.29 is 27.5 Å². The van der Waals surface area contributed by atoms with Crippen LogP contribution >= 0.6 is 11.6 Å². The van der Waals surface area contributed by atoms with E-state index in [1.807, 2.05) is 13.8 Å². The highest BCUT2D eigenvalue weighted by Crippen LogP contribution is 2.28. The van der Waals surface area contributed by atoms with Gasteiger partial charge in [0, 0.05) is 17.6 Å². The third-order valence-electron chi connectivity index (χ3n) is 6.70. The van der Waals surface area contributed by atoms with Gasteiger partial charge in [-0.15, -0.1) is 0 Å². The lowest BCUT2D eigenvalue weighted by Crippen LogP contribution is -2.52. The minimum atomic E-state index is -4.22. The molecule has 0 aliphatic heterocycles. The Hall–Kier alpha value is -3.76. The molecule has 0 unspecified atom stereocenters. The van der Waals surface area contributed by atoms with Crippen LogP contribution in [-0.4, -0.2) is 58.0 Å². The zero-order chi connectivity index (χ0) is 30.2. The summed E-state index contributed by atoms with van der Waals surface area (Å²) in [4.78, 5) is 28.5. The Kier molecular flexibility index (Phi) is 11.0. The number of anilines is 1. The van der Waals surface area contributed by atoms with Crippen LogP contribution in [0.4, 0.5) is 5.69 Å². The van der Waals surface area contributed by atoms with Crippen molar-refractivity contribution in [1.82, 2.24) is 10.2 Å². The molecule has 41 heavy (non-hydrogen) atoms. The quantitative estimate of drug-likeness (QED) is 0.299. The number of nitrogens with zero attached hydrogens (tertiary/aromatic N) is 2. The van der Waals surface area contributed by atoms with E-state index in [2.05, 4.69) is 5.32 Å². The van der Waals surface area contributed by atoms with Crippen molar-refractivity contribution in [2.75, 3.05) is 25.1 Å². The van der Waals surface area contributed by atoms with Gasteiger partial charge in [0.2, 0.25) is 11.8 Å². The molecule has 1 N–H and O–H groups in total. The number of hydrogen-bond acceptors (Lipinski definition) is 6. The third-order valence-corrected chi connectivity index (χ3v) is 8.73. The topological polar surface area (TPSA) is 105 Å². The second kappa shape index (κ2) is 14.2. The maximum absolute atomic E-state index is 14.0. The van der Waals surface area contributed by atoms with E-state index in [0.717, 1.165) is 9.87 Å². The molecular formula is C30H36ClN3O6S. The molecule has 0 heterocycles. The Bertz CT molecular complexity index is 1430. The number of ether oxygens (including phenoxy) is 2. The number of carbonyl (C=O) groups is 2. The van der Waals surface area contributed by atoms with E-state index in [1.54, 1.807) is 56.5 Å². The Morgan fingerprint density at radius 3 is 2.05 bits per heavy atom. The fourth-order valence-corrected chi connectivity index (χ4v) is 5.60. The van der Waals surface area contributed by atoms with Gasteiger partial charge in [-0.05, 0) is 80.4 Å². The highest BCUT2D eigenvalue weighted by molar-refractivity contribution is 7.92. The molecule has 0 saturated carbocycles. The van der Waals surface area contributed by atoms with Crippen molar-refractivity contribution in [2.45, 2.75) is 50.7 Å². The van der Waals surface area contributed by atoms with Crippen molar-refractivity contribution >= 4 is 39.1 Å². The van der Waals surface area contributed by atoms with Gasteiger partial charge >= 0.3 is 0 Å². The molecule has 0 saturated heterocycles. The first kappa shape index (κ1) is 31.8. The maximum atomic E-state index is 14.0. The van der Waals surface area contributed by atoms with E-state index in [1.165, 1.54) is 42.3 Å². The average Bonchev–Trinajstić information content (AvgIpc) is 2.98. The molecule has 0 fully saturated rings. The van der Waals surface area contributed by atoms with Crippen molar-refractivity contribution in [3.05, 3.63) is 83.4 Å². The van der Waals surface area contributed by atoms with Gasteiger partial charge < -0.3 is 19.7 Å². The normalized spacial score (nSPS) is 12.6. The van der Waals surface area contributed by atoms with Gasteiger partial charge in [-0.1, -0.05) is 36.7 Å². The molecule has 0 bridgehead atoms. The molecule has 3 aromatic rings. The molecular weight excluding hydrogens is 566 g/mol. The Morgan fingerprint density at radius 1 is 0.927 bits per heavy atom. The first-order valence-corrected chi connectivity index (χ1v) is 15.0. The minimum Gasteiger partial charge on any atom is -0.497 e. The molecule has 3 aromatic carbocycles. The van der Waals surface area contributed by atoms with Crippen LogP contribution < -0.4 is 19.1 Å². The number of carbonyl (C=O) groups excluding carboxylic acids is 2. The number of amides is 2. The van der Waals surface area contributed by atoms with Crippen LogP contribution in [0.1, 0.15) is 32.8 Å².